The van der Waals surface area contributed by atoms with E-state index in [2.05, 4.69) is 6.07 Å². The van der Waals surface area contributed by atoms with Gasteiger partial charge in [0, 0.05) is 35.0 Å². The fourth-order valence-electron chi connectivity index (χ4n) is 1.52. The van der Waals surface area contributed by atoms with Gasteiger partial charge in [0.1, 0.15) is 0 Å². The Morgan fingerprint density at radius 3 is 2.60 bits per heavy atom. The van der Waals surface area contributed by atoms with Crippen LogP contribution in [-0.4, -0.2) is 28.4 Å². The van der Waals surface area contributed by atoms with E-state index in [1.165, 1.54) is 0 Å². The molecule has 1 saturated heterocycles. The van der Waals surface area contributed by atoms with Gasteiger partial charge in [-0.15, -0.1) is 0 Å². The van der Waals surface area contributed by atoms with Crippen molar-refractivity contribution in [2.45, 2.75) is 38.4 Å². The summed E-state index contributed by atoms with van der Waals surface area (Å²) < 4.78 is 17.1. The predicted molar refractivity (Wildman–Crippen MR) is 60.9 cm³/mol. The maximum Gasteiger partial charge on any atom is 0.0684 e. The van der Waals surface area contributed by atoms with Gasteiger partial charge in [0.15, 0.2) is 0 Å². The van der Waals surface area contributed by atoms with Crippen LogP contribution in [0.3, 0.4) is 0 Å². The standard InChI is InChI=1S/C11H19NO2S/c1-11(2,9-12)5-8-15(13)10-3-6-14-7-4-10/h10H,3-8H2,1-2H3. The van der Waals surface area contributed by atoms with Crippen LogP contribution < -0.4 is 0 Å². The van der Waals surface area contributed by atoms with E-state index in [1.54, 1.807) is 0 Å². The molecular formula is C11H19NO2S. The highest BCUT2D eigenvalue weighted by molar-refractivity contribution is 7.85. The molecule has 0 amide bonds. The molecule has 0 saturated carbocycles. The molecule has 0 aliphatic carbocycles. The molecule has 0 aromatic rings. The van der Waals surface area contributed by atoms with Crippen LogP contribution in [0.15, 0.2) is 0 Å². The number of hydrogen-bond donors (Lipinski definition) is 0. The van der Waals surface area contributed by atoms with Gasteiger partial charge in [-0.2, -0.15) is 5.26 Å². The van der Waals surface area contributed by atoms with E-state index in [0.717, 1.165) is 26.1 Å². The molecular weight excluding hydrogens is 210 g/mol. The summed E-state index contributed by atoms with van der Waals surface area (Å²) in [5, 5.41) is 9.13. The van der Waals surface area contributed by atoms with E-state index in [4.69, 9.17) is 10.00 Å². The molecule has 0 aromatic heterocycles. The van der Waals surface area contributed by atoms with Crippen LogP contribution >= 0.6 is 0 Å². The molecule has 0 N–H and O–H groups in total. The van der Waals surface area contributed by atoms with E-state index < -0.39 is 10.8 Å². The lowest BCUT2D eigenvalue weighted by Gasteiger charge is -2.22. The van der Waals surface area contributed by atoms with E-state index in [9.17, 15) is 4.21 Å². The summed E-state index contributed by atoms with van der Waals surface area (Å²) >= 11 is 0. The molecule has 1 aliphatic rings. The summed E-state index contributed by atoms with van der Waals surface area (Å²) in [6.07, 6.45) is 2.52. The normalized spacial score (nSPS) is 20.9. The Morgan fingerprint density at radius 2 is 2.07 bits per heavy atom. The molecule has 0 aromatic carbocycles. The number of nitrogens with zero attached hydrogens (tertiary/aromatic N) is 1. The smallest absolute Gasteiger partial charge is 0.0684 e. The molecule has 1 heterocycles. The first kappa shape index (κ1) is 12.7. The summed E-state index contributed by atoms with van der Waals surface area (Å²) in [7, 11) is -0.786. The molecule has 1 aliphatic heterocycles. The van der Waals surface area contributed by atoms with Crippen LogP contribution in [0, 0.1) is 16.7 Å². The Labute approximate surface area is 94.3 Å². The predicted octanol–water partition coefficient (Wildman–Crippen LogP) is 1.85. The largest absolute Gasteiger partial charge is 0.381 e. The topological polar surface area (TPSA) is 50.1 Å². The minimum atomic E-state index is -0.786. The average molecular weight is 229 g/mol. The van der Waals surface area contributed by atoms with E-state index in [1.807, 2.05) is 13.8 Å². The molecule has 0 spiro atoms. The van der Waals surface area contributed by atoms with Gasteiger partial charge in [0.25, 0.3) is 0 Å². The minimum Gasteiger partial charge on any atom is -0.381 e. The summed E-state index contributed by atoms with van der Waals surface area (Å²) in [6, 6.07) is 2.24. The zero-order chi connectivity index (χ0) is 11.3. The molecule has 0 bridgehead atoms. The first-order valence-corrected chi connectivity index (χ1v) is 6.79. The summed E-state index contributed by atoms with van der Waals surface area (Å²) in [6.45, 7) is 5.26. The fraction of sp³-hybridized carbons (Fsp3) is 0.909. The third-order valence-electron chi connectivity index (χ3n) is 2.77. The lowest BCUT2D eigenvalue weighted by molar-refractivity contribution is 0.0992. The maximum atomic E-state index is 11.9. The Bertz CT molecular complexity index is 264. The summed E-state index contributed by atoms with van der Waals surface area (Å²) in [5.74, 6) is 0.644. The van der Waals surface area contributed by atoms with Gasteiger partial charge in [0.05, 0.1) is 11.5 Å². The highest BCUT2D eigenvalue weighted by atomic mass is 32.2. The van der Waals surface area contributed by atoms with Crippen LogP contribution in [0.4, 0.5) is 0 Å². The van der Waals surface area contributed by atoms with Crippen molar-refractivity contribution in [3.8, 4) is 6.07 Å². The molecule has 0 radical (unpaired) electrons. The maximum absolute atomic E-state index is 11.9. The van der Waals surface area contributed by atoms with Crippen molar-refractivity contribution in [2.75, 3.05) is 19.0 Å². The van der Waals surface area contributed by atoms with Gasteiger partial charge in [0.2, 0.25) is 0 Å². The molecule has 86 valence electrons. The molecule has 4 heteroatoms. The molecule has 3 nitrogen and oxygen atoms in total. The number of ether oxygens (including phenoxy) is 1. The van der Waals surface area contributed by atoms with E-state index in [0.29, 0.717) is 12.2 Å². The van der Waals surface area contributed by atoms with E-state index >= 15 is 0 Å². The molecule has 1 atom stereocenters. The summed E-state index contributed by atoms with van der Waals surface area (Å²) in [4.78, 5) is 0. The van der Waals surface area contributed by atoms with Crippen molar-refractivity contribution in [3.63, 3.8) is 0 Å². The monoisotopic (exact) mass is 229 g/mol. The average Bonchev–Trinajstić information content (AvgIpc) is 2.27. The van der Waals surface area contributed by atoms with Gasteiger partial charge in [-0.05, 0) is 33.1 Å². The van der Waals surface area contributed by atoms with Crippen molar-refractivity contribution in [2.24, 2.45) is 5.41 Å². The van der Waals surface area contributed by atoms with Crippen LogP contribution in [-0.2, 0) is 15.5 Å². The van der Waals surface area contributed by atoms with Crippen LogP contribution in [0.25, 0.3) is 0 Å². The number of hydrogen-bond acceptors (Lipinski definition) is 3. The van der Waals surface area contributed by atoms with Crippen LogP contribution in [0.1, 0.15) is 33.1 Å². The van der Waals surface area contributed by atoms with Crippen molar-refractivity contribution >= 4 is 10.8 Å². The minimum absolute atomic E-state index is 0.285. The Hall–Kier alpha value is -0.400. The Balaban J connectivity index is 2.32. The second kappa shape index (κ2) is 5.62. The molecule has 1 rings (SSSR count). The first-order chi connectivity index (χ1) is 7.05. The highest BCUT2D eigenvalue weighted by Gasteiger charge is 2.23. The van der Waals surface area contributed by atoms with Crippen LogP contribution in [0.2, 0.25) is 0 Å². The Morgan fingerprint density at radius 1 is 1.47 bits per heavy atom. The van der Waals surface area contributed by atoms with Crippen molar-refractivity contribution in [1.82, 2.24) is 0 Å². The quantitative estimate of drug-likeness (QED) is 0.739. The van der Waals surface area contributed by atoms with Gasteiger partial charge >= 0.3 is 0 Å². The second-order valence-electron chi connectivity index (χ2n) is 4.64. The molecule has 1 unspecified atom stereocenters. The lowest BCUT2D eigenvalue weighted by atomic mass is 9.93. The third-order valence-corrected chi connectivity index (χ3v) is 4.59. The highest BCUT2D eigenvalue weighted by Crippen LogP contribution is 2.21. The number of nitriles is 1. The molecule has 1 fully saturated rings. The lowest BCUT2D eigenvalue weighted by Crippen LogP contribution is -2.27. The second-order valence-corrected chi connectivity index (χ2v) is 6.48. The Kier molecular flexibility index (Phi) is 4.75. The van der Waals surface area contributed by atoms with Crippen molar-refractivity contribution in [1.29, 1.82) is 5.26 Å². The summed E-state index contributed by atoms with van der Waals surface area (Å²) in [5.41, 5.74) is -0.346. The zero-order valence-electron chi connectivity index (χ0n) is 9.49. The fourth-order valence-corrected chi connectivity index (χ4v) is 3.28. The SMILES string of the molecule is CC(C)(C#N)CCS(=O)C1CCOCC1. The zero-order valence-corrected chi connectivity index (χ0v) is 10.3. The van der Waals surface area contributed by atoms with E-state index in [-0.39, 0.29) is 10.7 Å². The number of rotatable bonds is 4. The van der Waals surface area contributed by atoms with Gasteiger partial charge < -0.3 is 4.74 Å². The van der Waals surface area contributed by atoms with Crippen molar-refractivity contribution in [3.05, 3.63) is 0 Å². The first-order valence-electron chi connectivity index (χ1n) is 5.41. The van der Waals surface area contributed by atoms with Gasteiger partial charge in [-0.1, -0.05) is 0 Å². The van der Waals surface area contributed by atoms with Gasteiger partial charge in [-0.3, -0.25) is 4.21 Å². The van der Waals surface area contributed by atoms with Crippen LogP contribution in [0.5, 0.6) is 0 Å². The van der Waals surface area contributed by atoms with Gasteiger partial charge in [-0.25, -0.2) is 0 Å². The molecule has 15 heavy (non-hydrogen) atoms. The van der Waals surface area contributed by atoms with Crippen molar-refractivity contribution < 1.29 is 8.95 Å². The third kappa shape index (κ3) is 4.31.